The van der Waals surface area contributed by atoms with Crippen LogP contribution in [0.1, 0.15) is 35.9 Å². The van der Waals surface area contributed by atoms with Gasteiger partial charge in [-0.1, -0.05) is 12.1 Å². The number of aromatic nitrogens is 3. The Morgan fingerprint density at radius 3 is 2.24 bits per heavy atom. The topological polar surface area (TPSA) is 96.7 Å². The molecule has 1 aliphatic heterocycles. The summed E-state index contributed by atoms with van der Waals surface area (Å²) >= 11 is 0. The lowest BCUT2D eigenvalue weighted by molar-refractivity contribution is -0.116. The molecule has 2 heterocycles. The van der Waals surface area contributed by atoms with Gasteiger partial charge in [0.1, 0.15) is 18.1 Å². The lowest BCUT2D eigenvalue weighted by atomic mass is 9.77. The van der Waals surface area contributed by atoms with Gasteiger partial charge in [-0.25, -0.2) is 4.68 Å². The van der Waals surface area contributed by atoms with E-state index in [-0.39, 0.29) is 17.7 Å². The third kappa shape index (κ3) is 3.53. The number of anilines is 1. The molecular weight excluding hydrogens is 436 g/mol. The molecule has 0 radical (unpaired) electrons. The fourth-order valence-electron chi connectivity index (χ4n) is 4.82. The second-order valence-corrected chi connectivity index (χ2v) is 8.21. The van der Waals surface area contributed by atoms with Crippen LogP contribution in [-0.4, -0.2) is 49.0 Å². The van der Waals surface area contributed by atoms with Crippen LogP contribution in [0, 0.1) is 0 Å². The van der Waals surface area contributed by atoms with Gasteiger partial charge in [-0.2, -0.15) is 10.1 Å². The first-order chi connectivity index (χ1) is 16.6. The van der Waals surface area contributed by atoms with Gasteiger partial charge in [0.05, 0.1) is 28.4 Å². The molecule has 2 aromatic carbocycles. The van der Waals surface area contributed by atoms with E-state index in [1.54, 1.807) is 33.1 Å². The Bertz CT molecular complexity index is 1240. The van der Waals surface area contributed by atoms with Crippen LogP contribution in [0.3, 0.4) is 0 Å². The standard InChI is InChI=1S/C25H26N4O5/c1-31-17-7-5-14(6-8-17)23-22-18(28-25-26-13-27-29(23)25)9-15(10-19(22)30)16-11-20(32-2)24(34-4)21(12-16)33-3/h5-8,11-13,15,23H,9-10H2,1-4H3,(H,26,27,28)/t15-,23+/m1/s1. The highest BCUT2D eigenvalue weighted by molar-refractivity contribution is 6.00. The lowest BCUT2D eigenvalue weighted by Gasteiger charge is -2.35. The molecule has 0 fully saturated rings. The average Bonchev–Trinajstić information content (AvgIpc) is 3.34. The zero-order chi connectivity index (χ0) is 23.8. The van der Waals surface area contributed by atoms with Crippen LogP contribution >= 0.6 is 0 Å². The quantitative estimate of drug-likeness (QED) is 0.592. The van der Waals surface area contributed by atoms with Crippen LogP contribution < -0.4 is 24.3 Å². The van der Waals surface area contributed by atoms with E-state index in [0.717, 1.165) is 22.6 Å². The van der Waals surface area contributed by atoms with Crippen molar-refractivity contribution in [3.8, 4) is 23.0 Å². The van der Waals surface area contributed by atoms with Gasteiger partial charge in [0.15, 0.2) is 17.3 Å². The molecule has 0 bridgehead atoms. The number of carbonyl (C=O) groups excluding carboxylic acids is 1. The van der Waals surface area contributed by atoms with E-state index in [1.165, 1.54) is 6.33 Å². The number of hydrogen-bond donors (Lipinski definition) is 1. The number of fused-ring (bicyclic) bond motifs is 1. The normalized spacial score (nSPS) is 19.1. The monoisotopic (exact) mass is 462 g/mol. The molecule has 1 aromatic heterocycles. The Labute approximate surface area is 197 Å². The molecule has 34 heavy (non-hydrogen) atoms. The molecule has 0 unspecified atom stereocenters. The van der Waals surface area contributed by atoms with Gasteiger partial charge in [0, 0.05) is 17.7 Å². The van der Waals surface area contributed by atoms with E-state index in [2.05, 4.69) is 15.4 Å². The molecular formula is C25H26N4O5. The number of methoxy groups -OCH3 is 4. The summed E-state index contributed by atoms with van der Waals surface area (Å²) in [7, 11) is 6.37. The van der Waals surface area contributed by atoms with Crippen LogP contribution in [-0.2, 0) is 4.79 Å². The predicted molar refractivity (Wildman–Crippen MR) is 125 cm³/mol. The molecule has 9 heteroatoms. The maximum atomic E-state index is 13.6. The number of nitrogens with one attached hydrogen (secondary N) is 1. The van der Waals surface area contributed by atoms with Crippen molar-refractivity contribution in [2.45, 2.75) is 24.8 Å². The van der Waals surface area contributed by atoms with Crippen LogP contribution in [0.4, 0.5) is 5.95 Å². The van der Waals surface area contributed by atoms with Gasteiger partial charge in [0.25, 0.3) is 0 Å². The third-order valence-corrected chi connectivity index (χ3v) is 6.45. The van der Waals surface area contributed by atoms with Crippen LogP contribution in [0.25, 0.3) is 0 Å². The maximum Gasteiger partial charge on any atom is 0.226 e. The SMILES string of the molecule is COc1ccc([C@H]2C3=C(C[C@@H](c4cc(OC)c(OC)c(OC)c4)CC3=O)Nc3ncnn32)cc1. The highest BCUT2D eigenvalue weighted by Gasteiger charge is 2.39. The average molecular weight is 463 g/mol. The van der Waals surface area contributed by atoms with Crippen molar-refractivity contribution < 1.29 is 23.7 Å². The van der Waals surface area contributed by atoms with E-state index >= 15 is 0 Å². The Hall–Kier alpha value is -4.01. The molecule has 0 amide bonds. The summed E-state index contributed by atoms with van der Waals surface area (Å²) in [5.41, 5.74) is 3.47. The molecule has 176 valence electrons. The minimum atomic E-state index is -0.354. The third-order valence-electron chi connectivity index (χ3n) is 6.45. The molecule has 1 aliphatic carbocycles. The molecule has 0 saturated carbocycles. The molecule has 2 aliphatic rings. The van der Waals surface area contributed by atoms with Gasteiger partial charge in [-0.3, -0.25) is 4.79 Å². The summed E-state index contributed by atoms with van der Waals surface area (Å²) in [6.07, 6.45) is 2.49. The molecule has 0 spiro atoms. The molecule has 0 saturated heterocycles. The van der Waals surface area contributed by atoms with E-state index in [9.17, 15) is 4.79 Å². The Kier molecular flexibility index (Phi) is 5.61. The number of nitrogens with zero attached hydrogens (tertiary/aromatic N) is 3. The van der Waals surface area contributed by atoms with Crippen molar-refractivity contribution >= 4 is 11.7 Å². The predicted octanol–water partition coefficient (Wildman–Crippen LogP) is 3.73. The van der Waals surface area contributed by atoms with Gasteiger partial charge < -0.3 is 24.3 Å². The number of carbonyl (C=O) groups is 1. The zero-order valence-corrected chi connectivity index (χ0v) is 19.5. The molecule has 3 aromatic rings. The van der Waals surface area contributed by atoms with Gasteiger partial charge >= 0.3 is 0 Å². The maximum absolute atomic E-state index is 13.6. The second kappa shape index (κ2) is 8.74. The largest absolute Gasteiger partial charge is 0.497 e. The summed E-state index contributed by atoms with van der Waals surface area (Å²) in [5.74, 6) is 3.03. The zero-order valence-electron chi connectivity index (χ0n) is 19.5. The first-order valence-corrected chi connectivity index (χ1v) is 10.9. The lowest BCUT2D eigenvalue weighted by Crippen LogP contribution is -2.33. The fourth-order valence-corrected chi connectivity index (χ4v) is 4.82. The van der Waals surface area contributed by atoms with Gasteiger partial charge in [0.2, 0.25) is 11.7 Å². The number of Topliss-reactive ketones (excluding diaryl/α,β-unsaturated/α-hetero) is 1. The van der Waals surface area contributed by atoms with Crippen molar-refractivity contribution in [3.63, 3.8) is 0 Å². The van der Waals surface area contributed by atoms with E-state index in [4.69, 9.17) is 18.9 Å². The highest BCUT2D eigenvalue weighted by atomic mass is 16.5. The number of ether oxygens (including phenoxy) is 4. The van der Waals surface area contributed by atoms with Crippen LogP contribution in [0.15, 0.2) is 54.0 Å². The molecule has 9 nitrogen and oxygen atoms in total. The Morgan fingerprint density at radius 2 is 1.62 bits per heavy atom. The molecule has 1 N–H and O–H groups in total. The molecule has 5 rings (SSSR count). The minimum absolute atomic E-state index is 0.0570. The van der Waals surface area contributed by atoms with Gasteiger partial charge in [-0.15, -0.1) is 0 Å². The highest BCUT2D eigenvalue weighted by Crippen LogP contribution is 2.47. The van der Waals surface area contributed by atoms with Crippen molar-refractivity contribution in [1.29, 1.82) is 0 Å². The number of ketones is 1. The molecule has 2 atom stereocenters. The summed E-state index contributed by atoms with van der Waals surface area (Å²) in [4.78, 5) is 18.0. The first kappa shape index (κ1) is 21.8. The number of hydrogen-bond acceptors (Lipinski definition) is 8. The smallest absolute Gasteiger partial charge is 0.226 e. The minimum Gasteiger partial charge on any atom is -0.497 e. The van der Waals surface area contributed by atoms with E-state index in [0.29, 0.717) is 41.6 Å². The van der Waals surface area contributed by atoms with E-state index in [1.807, 2.05) is 36.4 Å². The second-order valence-electron chi connectivity index (χ2n) is 8.21. The fraction of sp³-hybridized carbons (Fsp3) is 0.320. The summed E-state index contributed by atoms with van der Waals surface area (Å²) < 4.78 is 23.6. The Morgan fingerprint density at radius 1 is 0.912 bits per heavy atom. The summed E-state index contributed by atoms with van der Waals surface area (Å²) in [6, 6.07) is 11.2. The number of rotatable bonds is 6. The van der Waals surface area contributed by atoms with Crippen molar-refractivity contribution in [1.82, 2.24) is 14.8 Å². The van der Waals surface area contributed by atoms with Crippen molar-refractivity contribution in [2.75, 3.05) is 33.8 Å². The van der Waals surface area contributed by atoms with E-state index < -0.39 is 0 Å². The van der Waals surface area contributed by atoms with Crippen molar-refractivity contribution in [2.24, 2.45) is 0 Å². The van der Waals surface area contributed by atoms with Crippen LogP contribution in [0.5, 0.6) is 23.0 Å². The van der Waals surface area contributed by atoms with Crippen LogP contribution in [0.2, 0.25) is 0 Å². The summed E-state index contributed by atoms with van der Waals surface area (Å²) in [5, 5.41) is 7.75. The van der Waals surface area contributed by atoms with Crippen molar-refractivity contribution in [3.05, 3.63) is 65.1 Å². The van der Waals surface area contributed by atoms with Gasteiger partial charge in [-0.05, 0) is 47.7 Å². The number of benzene rings is 2. The Balaban J connectivity index is 1.56. The first-order valence-electron chi connectivity index (χ1n) is 10.9. The number of allylic oxidation sites excluding steroid dienone is 2. The summed E-state index contributed by atoms with van der Waals surface area (Å²) in [6.45, 7) is 0.